The Morgan fingerprint density at radius 1 is 0.882 bits per heavy atom. The van der Waals surface area contributed by atoms with Crippen LogP contribution >= 0.6 is 0 Å². The van der Waals surface area contributed by atoms with Gasteiger partial charge in [0.1, 0.15) is 5.75 Å². The third-order valence-corrected chi connectivity index (χ3v) is 9.90. The summed E-state index contributed by atoms with van der Waals surface area (Å²) in [6, 6.07) is 23.4. The standard InChI is InChI=1S/C27H40N4O4.C13H11NO2/c32-23-10-8-21(22-9-11-25(34)30-27(22)23)24(33)18-28-14-12-26(35)29-20-6-4-19(5-7-20)13-17-31-15-2-1-3-16-31;15-13(16)14-12-9-5-4-8-11(12)10-6-2-1-3-7-10/h8-11,19-20,24,28,32-33H,1-7,12-18H2,(H,29,35)(H,30,34);1-9,14H,(H,15,16)/t19?,20?,24-;/m0./s1. The number of carbonyl (C=O) groups excluding carboxylic acids is 1. The summed E-state index contributed by atoms with van der Waals surface area (Å²) < 4.78 is 0. The number of fused-ring (bicyclic) bond motifs is 1. The second-order valence-corrected chi connectivity index (χ2v) is 13.6. The number of hydrogen-bond donors (Lipinski definition) is 7. The van der Waals surface area contributed by atoms with Gasteiger partial charge >= 0.3 is 6.09 Å². The summed E-state index contributed by atoms with van der Waals surface area (Å²) in [6.45, 7) is 4.51. The van der Waals surface area contributed by atoms with Crippen molar-refractivity contribution in [1.82, 2.24) is 20.5 Å². The van der Waals surface area contributed by atoms with E-state index in [2.05, 4.69) is 25.8 Å². The van der Waals surface area contributed by atoms with E-state index in [1.165, 1.54) is 70.3 Å². The lowest BCUT2D eigenvalue weighted by molar-refractivity contribution is -0.122. The highest BCUT2D eigenvalue weighted by Gasteiger charge is 2.23. The van der Waals surface area contributed by atoms with Crippen molar-refractivity contribution in [3.63, 3.8) is 0 Å². The van der Waals surface area contributed by atoms with Gasteiger partial charge in [0.15, 0.2) is 0 Å². The molecule has 11 nitrogen and oxygen atoms in total. The number of carbonyl (C=O) groups is 2. The lowest BCUT2D eigenvalue weighted by atomic mass is 9.84. The summed E-state index contributed by atoms with van der Waals surface area (Å²) in [5.74, 6) is 0.813. The Hall–Kier alpha value is -4.71. The van der Waals surface area contributed by atoms with Gasteiger partial charge in [0.05, 0.1) is 17.3 Å². The number of anilines is 1. The van der Waals surface area contributed by atoms with Crippen LogP contribution in [-0.4, -0.2) is 76.0 Å². The molecule has 2 heterocycles. The predicted molar refractivity (Wildman–Crippen MR) is 201 cm³/mol. The van der Waals surface area contributed by atoms with Crippen LogP contribution in [0.4, 0.5) is 10.5 Å². The number of phenolic OH excluding ortho intramolecular Hbond substituents is 1. The van der Waals surface area contributed by atoms with E-state index >= 15 is 0 Å². The van der Waals surface area contributed by atoms with Gasteiger partial charge in [-0.15, -0.1) is 0 Å². The zero-order valence-corrected chi connectivity index (χ0v) is 29.2. The molecule has 1 atom stereocenters. The molecular formula is C40H51N5O6. The number of amides is 2. The van der Waals surface area contributed by atoms with Crippen LogP contribution < -0.4 is 21.5 Å². The van der Waals surface area contributed by atoms with Gasteiger partial charge in [-0.1, -0.05) is 61.0 Å². The number of aromatic amines is 1. The quantitative estimate of drug-likeness (QED) is 0.0855. The fraction of sp³-hybridized carbons (Fsp3) is 0.425. The molecule has 272 valence electrons. The number of rotatable bonds is 12. The van der Waals surface area contributed by atoms with Crippen molar-refractivity contribution in [3.8, 4) is 16.9 Å². The number of aliphatic hydroxyl groups is 1. The molecule has 1 aliphatic carbocycles. The van der Waals surface area contributed by atoms with E-state index in [-0.39, 0.29) is 29.8 Å². The Bertz CT molecular complexity index is 1770. The Morgan fingerprint density at radius 3 is 2.35 bits per heavy atom. The van der Waals surface area contributed by atoms with Crippen LogP contribution in [0.5, 0.6) is 5.75 Å². The van der Waals surface area contributed by atoms with Gasteiger partial charge in [0.25, 0.3) is 0 Å². The van der Waals surface area contributed by atoms with Crippen LogP contribution in [0.1, 0.15) is 69.5 Å². The maximum atomic E-state index is 12.4. The minimum Gasteiger partial charge on any atom is -0.506 e. The lowest BCUT2D eigenvalue weighted by Crippen LogP contribution is -2.39. The van der Waals surface area contributed by atoms with Gasteiger partial charge < -0.3 is 35.8 Å². The first-order valence-electron chi connectivity index (χ1n) is 18.2. The minimum absolute atomic E-state index is 0.0330. The second kappa shape index (κ2) is 19.1. The average Bonchev–Trinajstić information content (AvgIpc) is 3.14. The maximum absolute atomic E-state index is 12.4. The minimum atomic E-state index is -1.05. The van der Waals surface area contributed by atoms with E-state index in [9.17, 15) is 24.6 Å². The lowest BCUT2D eigenvalue weighted by Gasteiger charge is -2.32. The largest absolute Gasteiger partial charge is 0.506 e. The molecule has 1 aliphatic heterocycles. The summed E-state index contributed by atoms with van der Waals surface area (Å²) >= 11 is 0. The SMILES string of the molecule is O=C(CCNC[C@H](O)c1ccc(O)c2[nH]c(=O)ccc12)NC1CCC(CCN2CCCCC2)CC1.O=C(O)Nc1ccccc1-c1ccccc1. The van der Waals surface area contributed by atoms with Crippen molar-refractivity contribution >= 4 is 28.6 Å². The van der Waals surface area contributed by atoms with Crippen molar-refractivity contribution in [2.45, 2.75) is 69.9 Å². The number of nitrogens with zero attached hydrogens (tertiary/aromatic N) is 1. The molecule has 1 saturated heterocycles. The molecule has 51 heavy (non-hydrogen) atoms. The van der Waals surface area contributed by atoms with Crippen LogP contribution in [-0.2, 0) is 4.79 Å². The van der Waals surface area contributed by atoms with Gasteiger partial charge in [0.2, 0.25) is 11.5 Å². The van der Waals surface area contributed by atoms with Crippen molar-refractivity contribution in [1.29, 1.82) is 0 Å². The molecule has 2 aliphatic rings. The first-order valence-corrected chi connectivity index (χ1v) is 18.2. The summed E-state index contributed by atoms with van der Waals surface area (Å²) in [4.78, 5) is 39.8. The average molecular weight is 698 g/mol. The van der Waals surface area contributed by atoms with Gasteiger partial charge in [-0.2, -0.15) is 0 Å². The van der Waals surface area contributed by atoms with E-state index < -0.39 is 12.2 Å². The normalized spacial score (nSPS) is 18.3. The van der Waals surface area contributed by atoms with Crippen molar-refractivity contribution < 1.29 is 24.9 Å². The van der Waals surface area contributed by atoms with E-state index in [1.54, 1.807) is 24.3 Å². The Kier molecular flexibility index (Phi) is 14.0. The molecular weight excluding hydrogens is 646 g/mol. The molecule has 0 spiro atoms. The number of carboxylic acid groups (broad SMARTS) is 1. The van der Waals surface area contributed by atoms with Gasteiger partial charge in [-0.3, -0.25) is 14.9 Å². The van der Waals surface area contributed by atoms with Crippen molar-refractivity contribution in [3.05, 3.63) is 94.8 Å². The van der Waals surface area contributed by atoms with Gasteiger partial charge in [-0.25, -0.2) is 4.79 Å². The van der Waals surface area contributed by atoms with E-state index in [0.717, 1.165) is 29.9 Å². The second-order valence-electron chi connectivity index (χ2n) is 13.6. The number of benzene rings is 3. The Morgan fingerprint density at radius 2 is 1.61 bits per heavy atom. The van der Waals surface area contributed by atoms with Crippen LogP contribution in [0.15, 0.2) is 83.7 Å². The molecule has 2 fully saturated rings. The number of hydrogen-bond acceptors (Lipinski definition) is 7. The predicted octanol–water partition coefficient (Wildman–Crippen LogP) is 6.24. The first-order chi connectivity index (χ1) is 24.8. The highest BCUT2D eigenvalue weighted by atomic mass is 16.4. The van der Waals surface area contributed by atoms with E-state index in [4.69, 9.17) is 5.11 Å². The third-order valence-electron chi connectivity index (χ3n) is 9.90. The van der Waals surface area contributed by atoms with E-state index in [0.29, 0.717) is 35.1 Å². The molecule has 4 aromatic rings. The number of pyridine rings is 1. The van der Waals surface area contributed by atoms with Crippen molar-refractivity contribution in [2.24, 2.45) is 5.92 Å². The summed E-state index contributed by atoms with van der Waals surface area (Å²) in [7, 11) is 0. The van der Waals surface area contributed by atoms with Crippen LogP contribution in [0, 0.1) is 5.92 Å². The highest BCUT2D eigenvalue weighted by Crippen LogP contribution is 2.30. The van der Waals surface area contributed by atoms with Gasteiger partial charge in [-0.05, 0) is 99.8 Å². The molecule has 7 N–H and O–H groups in total. The maximum Gasteiger partial charge on any atom is 0.409 e. The van der Waals surface area contributed by atoms with Gasteiger partial charge in [0, 0.05) is 42.6 Å². The first kappa shape index (κ1) is 37.5. The number of aromatic hydroxyl groups is 1. The number of aromatic nitrogens is 1. The zero-order valence-electron chi connectivity index (χ0n) is 29.2. The summed E-state index contributed by atoms with van der Waals surface area (Å²) in [5.41, 5.74) is 3.09. The number of piperidine rings is 1. The van der Waals surface area contributed by atoms with Crippen molar-refractivity contribution in [2.75, 3.05) is 38.0 Å². The molecule has 0 bridgehead atoms. The molecule has 2 amide bonds. The Balaban J connectivity index is 0.000000262. The molecule has 3 aromatic carbocycles. The highest BCUT2D eigenvalue weighted by molar-refractivity contribution is 5.90. The number of para-hydroxylation sites is 1. The molecule has 6 rings (SSSR count). The number of H-pyrrole nitrogens is 1. The number of nitrogens with one attached hydrogen (secondary N) is 4. The molecule has 1 aromatic heterocycles. The summed E-state index contributed by atoms with van der Waals surface area (Å²) in [5, 5.41) is 38.7. The van der Waals surface area contributed by atoms with Crippen LogP contribution in [0.2, 0.25) is 0 Å². The smallest absolute Gasteiger partial charge is 0.409 e. The zero-order chi connectivity index (χ0) is 36.0. The van der Waals surface area contributed by atoms with E-state index in [1.807, 2.05) is 42.5 Å². The van der Waals surface area contributed by atoms with Crippen LogP contribution in [0.3, 0.4) is 0 Å². The fourth-order valence-electron chi connectivity index (χ4n) is 7.12. The molecule has 11 heteroatoms. The monoisotopic (exact) mass is 697 g/mol. The molecule has 0 radical (unpaired) electrons. The summed E-state index contributed by atoms with van der Waals surface area (Å²) in [6.07, 6.45) is 8.41. The van der Waals surface area contributed by atoms with Crippen LogP contribution in [0.25, 0.3) is 22.0 Å². The number of likely N-dealkylation sites (tertiary alicyclic amines) is 1. The Labute approximate surface area is 299 Å². The number of phenols is 1. The third kappa shape index (κ3) is 11.4. The molecule has 1 saturated carbocycles. The number of aliphatic hydroxyl groups excluding tert-OH is 1. The fourth-order valence-corrected chi connectivity index (χ4v) is 7.12. The molecule has 0 unspecified atom stereocenters. The topological polar surface area (TPSA) is 167 Å².